The number of urea groups is 1. The predicted octanol–water partition coefficient (Wildman–Crippen LogP) is 5.18. The lowest BCUT2D eigenvalue weighted by atomic mass is 9.93. The molecule has 0 heterocycles. The van der Waals surface area contributed by atoms with Crippen molar-refractivity contribution in [1.29, 1.82) is 0 Å². The van der Waals surface area contributed by atoms with Gasteiger partial charge in [-0.15, -0.1) is 12.4 Å². The van der Waals surface area contributed by atoms with Gasteiger partial charge in [0.15, 0.2) is 0 Å². The van der Waals surface area contributed by atoms with Crippen molar-refractivity contribution in [3.8, 4) is 0 Å². The first kappa shape index (κ1) is 22.0. The molecule has 0 radical (unpaired) electrons. The minimum atomic E-state index is -0.225. The van der Waals surface area contributed by atoms with Gasteiger partial charge in [-0.05, 0) is 28.5 Å². The summed E-state index contributed by atoms with van der Waals surface area (Å²) in [6.45, 7) is 8.92. The van der Waals surface area contributed by atoms with Crippen LogP contribution in [0.3, 0.4) is 0 Å². The van der Waals surface area contributed by atoms with Gasteiger partial charge in [0.1, 0.15) is 0 Å². The maximum atomic E-state index is 12.4. The Morgan fingerprint density at radius 3 is 1.96 bits per heavy atom. The fourth-order valence-corrected chi connectivity index (χ4v) is 2.87. The standard InChI is InChI=1S/C21H29N3O.ClH/c1-14(2)17-11-8-12-18(15(3)4)20(17)24-21(25)23-13-19(22)16-9-6-5-7-10-16;/h5-12,14-15,19H,13,22H2,1-4H3,(H2,23,24,25);1H/t19-;/m0./s1. The molecule has 0 fully saturated rings. The van der Waals surface area contributed by atoms with Gasteiger partial charge < -0.3 is 16.4 Å². The fraction of sp³-hybridized carbons (Fsp3) is 0.381. The number of amides is 2. The Bertz CT molecular complexity index is 675. The molecule has 0 aromatic heterocycles. The van der Waals surface area contributed by atoms with Crippen molar-refractivity contribution >= 4 is 24.1 Å². The molecule has 0 saturated heterocycles. The highest BCUT2D eigenvalue weighted by Gasteiger charge is 2.16. The van der Waals surface area contributed by atoms with E-state index in [9.17, 15) is 4.79 Å². The SMILES string of the molecule is CC(C)c1cccc(C(C)C)c1NC(=O)NC[C@H](N)c1ccccc1.Cl. The second-order valence-electron chi connectivity index (χ2n) is 6.97. The van der Waals surface area contributed by atoms with Gasteiger partial charge in [0.05, 0.1) is 0 Å². The van der Waals surface area contributed by atoms with Crippen molar-refractivity contribution in [3.05, 3.63) is 65.2 Å². The van der Waals surface area contributed by atoms with Crippen LogP contribution >= 0.6 is 12.4 Å². The van der Waals surface area contributed by atoms with E-state index in [2.05, 4.69) is 56.5 Å². The Kier molecular flexibility index (Phi) is 8.62. The van der Waals surface area contributed by atoms with Crippen LogP contribution in [0.5, 0.6) is 0 Å². The molecule has 0 saturated carbocycles. The third-order valence-electron chi connectivity index (χ3n) is 4.32. The zero-order valence-electron chi connectivity index (χ0n) is 16.0. The minimum absolute atomic E-state index is 0. The Hall–Kier alpha value is -2.04. The summed E-state index contributed by atoms with van der Waals surface area (Å²) in [6.07, 6.45) is 0. The molecule has 0 aliphatic heterocycles. The molecule has 2 amide bonds. The highest BCUT2D eigenvalue weighted by Crippen LogP contribution is 2.32. The van der Waals surface area contributed by atoms with E-state index in [0.29, 0.717) is 18.4 Å². The van der Waals surface area contributed by atoms with Crippen LogP contribution in [-0.2, 0) is 0 Å². The molecule has 0 aliphatic carbocycles. The number of anilines is 1. The third kappa shape index (κ3) is 5.75. The van der Waals surface area contributed by atoms with E-state index in [1.165, 1.54) is 0 Å². The van der Waals surface area contributed by atoms with Crippen molar-refractivity contribution in [1.82, 2.24) is 5.32 Å². The summed E-state index contributed by atoms with van der Waals surface area (Å²) in [7, 11) is 0. The Morgan fingerprint density at radius 2 is 1.46 bits per heavy atom. The maximum absolute atomic E-state index is 12.4. The third-order valence-corrected chi connectivity index (χ3v) is 4.32. The van der Waals surface area contributed by atoms with Gasteiger partial charge in [-0.1, -0.05) is 76.2 Å². The van der Waals surface area contributed by atoms with Gasteiger partial charge in [-0.25, -0.2) is 4.79 Å². The number of hydrogen-bond acceptors (Lipinski definition) is 2. The molecule has 2 aromatic rings. The number of halogens is 1. The van der Waals surface area contributed by atoms with E-state index in [0.717, 1.165) is 22.4 Å². The zero-order valence-corrected chi connectivity index (χ0v) is 16.8. The molecule has 26 heavy (non-hydrogen) atoms. The van der Waals surface area contributed by atoms with Crippen LogP contribution in [0.25, 0.3) is 0 Å². The predicted molar refractivity (Wildman–Crippen MR) is 112 cm³/mol. The Labute approximate surface area is 163 Å². The molecule has 2 rings (SSSR count). The van der Waals surface area contributed by atoms with Crippen molar-refractivity contribution in [2.24, 2.45) is 5.73 Å². The second-order valence-corrected chi connectivity index (χ2v) is 6.97. The summed E-state index contributed by atoms with van der Waals surface area (Å²) in [5.41, 5.74) is 10.4. The Balaban J connectivity index is 0.00000338. The van der Waals surface area contributed by atoms with E-state index < -0.39 is 0 Å². The molecule has 142 valence electrons. The van der Waals surface area contributed by atoms with Crippen LogP contribution in [0.4, 0.5) is 10.5 Å². The number of carbonyl (C=O) groups is 1. The van der Waals surface area contributed by atoms with Crippen LogP contribution < -0.4 is 16.4 Å². The van der Waals surface area contributed by atoms with Gasteiger partial charge in [0.25, 0.3) is 0 Å². The first-order valence-corrected chi connectivity index (χ1v) is 8.88. The van der Waals surface area contributed by atoms with E-state index in [4.69, 9.17) is 5.73 Å². The topological polar surface area (TPSA) is 67.2 Å². The smallest absolute Gasteiger partial charge is 0.319 e. The molecular weight excluding hydrogens is 346 g/mol. The van der Waals surface area contributed by atoms with Gasteiger partial charge >= 0.3 is 6.03 Å². The van der Waals surface area contributed by atoms with Gasteiger partial charge in [0, 0.05) is 18.3 Å². The summed E-state index contributed by atoms with van der Waals surface area (Å²) in [6, 6.07) is 15.5. The van der Waals surface area contributed by atoms with Crippen LogP contribution in [-0.4, -0.2) is 12.6 Å². The van der Waals surface area contributed by atoms with Crippen molar-refractivity contribution < 1.29 is 4.79 Å². The van der Waals surface area contributed by atoms with E-state index in [1.807, 2.05) is 30.3 Å². The lowest BCUT2D eigenvalue weighted by Crippen LogP contribution is -2.35. The zero-order chi connectivity index (χ0) is 18.4. The number of para-hydroxylation sites is 1. The fourth-order valence-electron chi connectivity index (χ4n) is 2.87. The van der Waals surface area contributed by atoms with Crippen molar-refractivity contribution in [2.45, 2.75) is 45.6 Å². The number of rotatable bonds is 6. The van der Waals surface area contributed by atoms with Crippen LogP contribution in [0.1, 0.15) is 62.3 Å². The number of benzene rings is 2. The molecule has 4 N–H and O–H groups in total. The number of nitrogens with one attached hydrogen (secondary N) is 2. The van der Waals surface area contributed by atoms with Crippen LogP contribution in [0.2, 0.25) is 0 Å². The van der Waals surface area contributed by atoms with E-state index >= 15 is 0 Å². The highest BCUT2D eigenvalue weighted by molar-refractivity contribution is 5.91. The average Bonchev–Trinajstić information content (AvgIpc) is 2.60. The normalized spacial score (nSPS) is 11.8. The van der Waals surface area contributed by atoms with Crippen LogP contribution in [0, 0.1) is 0 Å². The largest absolute Gasteiger partial charge is 0.336 e. The van der Waals surface area contributed by atoms with Crippen molar-refractivity contribution in [2.75, 3.05) is 11.9 Å². The molecule has 0 bridgehead atoms. The lowest BCUT2D eigenvalue weighted by molar-refractivity contribution is 0.251. The second kappa shape index (κ2) is 10.2. The van der Waals surface area contributed by atoms with E-state index in [-0.39, 0.29) is 24.5 Å². The molecular formula is C21H30ClN3O. The average molecular weight is 376 g/mol. The minimum Gasteiger partial charge on any atom is -0.336 e. The number of nitrogens with two attached hydrogens (primary N) is 1. The van der Waals surface area contributed by atoms with E-state index in [1.54, 1.807) is 0 Å². The number of hydrogen-bond donors (Lipinski definition) is 3. The highest BCUT2D eigenvalue weighted by atomic mass is 35.5. The lowest BCUT2D eigenvalue weighted by Gasteiger charge is -2.21. The summed E-state index contributed by atoms with van der Waals surface area (Å²) in [4.78, 5) is 12.4. The molecule has 2 aromatic carbocycles. The first-order valence-electron chi connectivity index (χ1n) is 8.88. The summed E-state index contributed by atoms with van der Waals surface area (Å²) >= 11 is 0. The molecule has 0 aliphatic rings. The molecule has 0 unspecified atom stereocenters. The first-order chi connectivity index (χ1) is 11.9. The molecule has 0 spiro atoms. The maximum Gasteiger partial charge on any atom is 0.319 e. The summed E-state index contributed by atoms with van der Waals surface area (Å²) < 4.78 is 0. The van der Waals surface area contributed by atoms with Crippen LogP contribution in [0.15, 0.2) is 48.5 Å². The molecule has 4 nitrogen and oxygen atoms in total. The van der Waals surface area contributed by atoms with Gasteiger partial charge in [-0.2, -0.15) is 0 Å². The number of carbonyl (C=O) groups excluding carboxylic acids is 1. The van der Waals surface area contributed by atoms with Gasteiger partial charge in [-0.3, -0.25) is 0 Å². The molecule has 5 heteroatoms. The molecule has 1 atom stereocenters. The summed E-state index contributed by atoms with van der Waals surface area (Å²) in [5, 5.41) is 5.93. The monoisotopic (exact) mass is 375 g/mol. The quantitative estimate of drug-likeness (QED) is 0.651. The van der Waals surface area contributed by atoms with Gasteiger partial charge in [0.2, 0.25) is 0 Å². The Morgan fingerprint density at radius 1 is 0.923 bits per heavy atom. The summed E-state index contributed by atoms with van der Waals surface area (Å²) in [5.74, 6) is 0.668. The van der Waals surface area contributed by atoms with Crippen molar-refractivity contribution in [3.63, 3.8) is 0 Å².